The Kier molecular flexibility index (Phi) is 8.01. The number of esters is 1. The average Bonchev–Trinajstić information content (AvgIpc) is 2.24. The van der Waals surface area contributed by atoms with Gasteiger partial charge >= 0.3 is 5.97 Å². The third-order valence-electron chi connectivity index (χ3n) is 2.37. The number of hydrogen-bond acceptors (Lipinski definition) is 3. The molecular weight excluding hydrogens is 190 g/mol. The fraction of sp³-hybridized carbons (Fsp3) is 0.750. The highest BCUT2D eigenvalue weighted by molar-refractivity contribution is 5.87. The maximum Gasteiger partial charge on any atom is 0.333 e. The quantitative estimate of drug-likeness (QED) is 0.480. The van der Waals surface area contributed by atoms with Crippen molar-refractivity contribution in [2.75, 3.05) is 26.2 Å². The van der Waals surface area contributed by atoms with Crippen LogP contribution in [0.1, 0.15) is 34.1 Å². The van der Waals surface area contributed by atoms with Gasteiger partial charge in [-0.05, 0) is 26.4 Å². The van der Waals surface area contributed by atoms with E-state index in [0.717, 1.165) is 26.1 Å². The molecule has 0 spiro atoms. The average molecular weight is 213 g/mol. The van der Waals surface area contributed by atoms with Crippen LogP contribution >= 0.6 is 0 Å². The van der Waals surface area contributed by atoms with Crippen LogP contribution in [-0.2, 0) is 9.53 Å². The molecule has 3 nitrogen and oxygen atoms in total. The van der Waals surface area contributed by atoms with Crippen molar-refractivity contribution >= 4 is 5.97 Å². The summed E-state index contributed by atoms with van der Waals surface area (Å²) in [5.41, 5.74) is 0.706. The van der Waals surface area contributed by atoms with Crippen molar-refractivity contribution in [3.05, 3.63) is 11.6 Å². The van der Waals surface area contributed by atoms with E-state index < -0.39 is 0 Å². The van der Waals surface area contributed by atoms with E-state index in [9.17, 15) is 4.79 Å². The Balaban J connectivity index is 3.76. The Hall–Kier alpha value is -0.830. The molecule has 0 atom stereocenters. The van der Waals surface area contributed by atoms with Crippen LogP contribution in [-0.4, -0.2) is 37.1 Å². The molecule has 0 aliphatic carbocycles. The van der Waals surface area contributed by atoms with Crippen LogP contribution in [0.5, 0.6) is 0 Å². The molecule has 0 saturated heterocycles. The van der Waals surface area contributed by atoms with Gasteiger partial charge in [-0.3, -0.25) is 0 Å². The number of nitrogens with zero attached hydrogens (tertiary/aromatic N) is 1. The van der Waals surface area contributed by atoms with Gasteiger partial charge in [0, 0.05) is 12.1 Å². The van der Waals surface area contributed by atoms with Gasteiger partial charge in [-0.15, -0.1) is 0 Å². The second kappa shape index (κ2) is 8.48. The summed E-state index contributed by atoms with van der Waals surface area (Å²) in [7, 11) is 0. The first-order valence-electron chi connectivity index (χ1n) is 5.71. The van der Waals surface area contributed by atoms with Crippen molar-refractivity contribution in [3.8, 4) is 0 Å². The standard InChI is InChI=1S/C12H23NO2/c1-5-8-11(4)12(14)15-10-9-13(6-2)7-3/h8H,5-7,9-10H2,1-4H3. The number of ether oxygens (including phenoxy) is 1. The van der Waals surface area contributed by atoms with E-state index in [1.807, 2.05) is 13.0 Å². The van der Waals surface area contributed by atoms with Crippen LogP contribution in [0.3, 0.4) is 0 Å². The zero-order valence-corrected chi connectivity index (χ0v) is 10.4. The maximum atomic E-state index is 11.4. The minimum absolute atomic E-state index is 0.191. The van der Waals surface area contributed by atoms with Crippen molar-refractivity contribution in [1.82, 2.24) is 4.90 Å². The zero-order chi connectivity index (χ0) is 11.7. The van der Waals surface area contributed by atoms with Gasteiger partial charge in [-0.1, -0.05) is 26.8 Å². The Morgan fingerprint density at radius 2 is 1.87 bits per heavy atom. The van der Waals surface area contributed by atoms with Crippen molar-refractivity contribution < 1.29 is 9.53 Å². The Labute approximate surface area is 93.1 Å². The molecule has 3 heteroatoms. The fourth-order valence-electron chi connectivity index (χ4n) is 1.31. The van der Waals surface area contributed by atoms with Gasteiger partial charge in [0.2, 0.25) is 0 Å². The molecule has 88 valence electrons. The molecule has 0 N–H and O–H groups in total. The minimum atomic E-state index is -0.191. The highest BCUT2D eigenvalue weighted by Crippen LogP contribution is 1.98. The smallest absolute Gasteiger partial charge is 0.333 e. The Morgan fingerprint density at radius 1 is 1.27 bits per heavy atom. The zero-order valence-electron chi connectivity index (χ0n) is 10.4. The van der Waals surface area contributed by atoms with E-state index in [2.05, 4.69) is 18.7 Å². The lowest BCUT2D eigenvalue weighted by molar-refractivity contribution is -0.139. The molecule has 15 heavy (non-hydrogen) atoms. The molecule has 0 aromatic carbocycles. The van der Waals surface area contributed by atoms with Crippen molar-refractivity contribution in [1.29, 1.82) is 0 Å². The Morgan fingerprint density at radius 3 is 2.33 bits per heavy atom. The normalized spacial score (nSPS) is 11.9. The van der Waals surface area contributed by atoms with Gasteiger partial charge < -0.3 is 9.64 Å². The van der Waals surface area contributed by atoms with Crippen LogP contribution in [0.2, 0.25) is 0 Å². The predicted molar refractivity (Wildman–Crippen MR) is 62.8 cm³/mol. The third-order valence-corrected chi connectivity index (χ3v) is 2.37. The second-order valence-corrected chi connectivity index (χ2v) is 3.46. The van der Waals surface area contributed by atoms with E-state index in [-0.39, 0.29) is 5.97 Å². The van der Waals surface area contributed by atoms with Crippen LogP contribution in [0.25, 0.3) is 0 Å². The molecule has 0 bridgehead atoms. The van der Waals surface area contributed by atoms with Crippen LogP contribution in [0.15, 0.2) is 11.6 Å². The van der Waals surface area contributed by atoms with Gasteiger partial charge in [-0.2, -0.15) is 0 Å². The molecule has 0 saturated carbocycles. The molecule has 0 unspecified atom stereocenters. The molecule has 0 aliphatic rings. The molecule has 0 aromatic rings. The number of carbonyl (C=O) groups excluding carboxylic acids is 1. The van der Waals surface area contributed by atoms with Gasteiger partial charge in [0.05, 0.1) is 0 Å². The summed E-state index contributed by atoms with van der Waals surface area (Å²) in [6.07, 6.45) is 2.76. The number of allylic oxidation sites excluding steroid dienone is 1. The Bertz CT molecular complexity index is 208. The molecule has 0 rings (SSSR count). The SMILES string of the molecule is CCC=C(C)C(=O)OCCN(CC)CC. The topological polar surface area (TPSA) is 29.5 Å². The van der Waals surface area contributed by atoms with E-state index in [1.165, 1.54) is 0 Å². The molecular formula is C12H23NO2. The molecule has 0 radical (unpaired) electrons. The van der Waals surface area contributed by atoms with Gasteiger partial charge in [0.15, 0.2) is 0 Å². The summed E-state index contributed by atoms with van der Waals surface area (Å²) >= 11 is 0. The second-order valence-electron chi connectivity index (χ2n) is 3.46. The van der Waals surface area contributed by atoms with Crippen LogP contribution in [0.4, 0.5) is 0 Å². The summed E-state index contributed by atoms with van der Waals surface area (Å²) in [4.78, 5) is 13.6. The van der Waals surface area contributed by atoms with Crippen LogP contribution < -0.4 is 0 Å². The highest BCUT2D eigenvalue weighted by atomic mass is 16.5. The molecule has 0 amide bonds. The van der Waals surface area contributed by atoms with Crippen LogP contribution in [0, 0.1) is 0 Å². The lowest BCUT2D eigenvalue weighted by atomic mass is 10.2. The lowest BCUT2D eigenvalue weighted by Gasteiger charge is -2.17. The van der Waals surface area contributed by atoms with Crippen molar-refractivity contribution in [3.63, 3.8) is 0 Å². The van der Waals surface area contributed by atoms with E-state index >= 15 is 0 Å². The summed E-state index contributed by atoms with van der Waals surface area (Å²) in [5, 5.41) is 0. The number of hydrogen-bond donors (Lipinski definition) is 0. The van der Waals surface area contributed by atoms with Crippen molar-refractivity contribution in [2.45, 2.75) is 34.1 Å². The van der Waals surface area contributed by atoms with E-state index in [1.54, 1.807) is 6.92 Å². The van der Waals surface area contributed by atoms with Gasteiger partial charge in [0.1, 0.15) is 6.61 Å². The van der Waals surface area contributed by atoms with Gasteiger partial charge in [0.25, 0.3) is 0 Å². The summed E-state index contributed by atoms with van der Waals surface area (Å²) in [6, 6.07) is 0. The first-order chi connectivity index (χ1) is 7.15. The summed E-state index contributed by atoms with van der Waals surface area (Å²) < 4.78 is 5.14. The molecule has 0 aromatic heterocycles. The van der Waals surface area contributed by atoms with E-state index in [0.29, 0.717) is 12.2 Å². The lowest BCUT2D eigenvalue weighted by Crippen LogP contribution is -2.28. The number of rotatable bonds is 7. The number of carbonyl (C=O) groups is 1. The molecule has 0 fully saturated rings. The maximum absolute atomic E-state index is 11.4. The molecule has 0 aliphatic heterocycles. The largest absolute Gasteiger partial charge is 0.461 e. The van der Waals surface area contributed by atoms with Crippen molar-refractivity contribution in [2.24, 2.45) is 0 Å². The summed E-state index contributed by atoms with van der Waals surface area (Å²) in [5.74, 6) is -0.191. The highest BCUT2D eigenvalue weighted by Gasteiger charge is 2.05. The first-order valence-corrected chi connectivity index (χ1v) is 5.71. The molecule has 0 heterocycles. The first kappa shape index (κ1) is 14.2. The monoisotopic (exact) mass is 213 g/mol. The third kappa shape index (κ3) is 6.28. The minimum Gasteiger partial charge on any atom is -0.461 e. The fourth-order valence-corrected chi connectivity index (χ4v) is 1.31. The van der Waals surface area contributed by atoms with Gasteiger partial charge in [-0.25, -0.2) is 4.79 Å². The van der Waals surface area contributed by atoms with E-state index in [4.69, 9.17) is 4.74 Å². The predicted octanol–water partition coefficient (Wildman–Crippen LogP) is 2.23. The summed E-state index contributed by atoms with van der Waals surface area (Å²) in [6.45, 7) is 11.3. The number of likely N-dealkylation sites (N-methyl/N-ethyl adjacent to an activating group) is 1.